The van der Waals surface area contributed by atoms with Crippen LogP contribution in [0, 0.1) is 5.92 Å². The van der Waals surface area contributed by atoms with E-state index in [4.69, 9.17) is 0 Å². The van der Waals surface area contributed by atoms with Crippen LogP contribution in [0.25, 0.3) is 0 Å². The number of nitrogens with zero attached hydrogens (tertiary/aromatic N) is 2. The van der Waals surface area contributed by atoms with E-state index in [0.29, 0.717) is 5.92 Å². The van der Waals surface area contributed by atoms with Crippen molar-refractivity contribution in [2.24, 2.45) is 5.92 Å². The predicted octanol–water partition coefficient (Wildman–Crippen LogP) is 2.17. The Hall–Kier alpha value is -0.830. The number of hydrogen-bond acceptors (Lipinski definition) is 2. The van der Waals surface area contributed by atoms with Gasteiger partial charge in [-0.25, -0.2) is 0 Å². The molecule has 1 saturated carbocycles. The highest BCUT2D eigenvalue weighted by Gasteiger charge is 2.24. The SMILES string of the molecule is CCc1cc(CC2CCC(O)C2)n(CC)n1. The van der Waals surface area contributed by atoms with Gasteiger partial charge in [-0.05, 0) is 51.0 Å². The van der Waals surface area contributed by atoms with Gasteiger partial charge >= 0.3 is 0 Å². The highest BCUT2D eigenvalue weighted by molar-refractivity contribution is 5.11. The van der Waals surface area contributed by atoms with Crippen molar-refractivity contribution in [2.75, 3.05) is 0 Å². The fraction of sp³-hybridized carbons (Fsp3) is 0.769. The van der Waals surface area contributed by atoms with Crippen molar-refractivity contribution in [3.8, 4) is 0 Å². The van der Waals surface area contributed by atoms with Crippen molar-refractivity contribution in [1.29, 1.82) is 0 Å². The molecule has 2 rings (SSSR count). The van der Waals surface area contributed by atoms with E-state index in [1.54, 1.807) is 0 Å². The molecule has 0 radical (unpaired) electrons. The van der Waals surface area contributed by atoms with Crippen molar-refractivity contribution in [1.82, 2.24) is 9.78 Å². The summed E-state index contributed by atoms with van der Waals surface area (Å²) in [6.45, 7) is 5.23. The minimum Gasteiger partial charge on any atom is -0.393 e. The summed E-state index contributed by atoms with van der Waals surface area (Å²) in [7, 11) is 0. The topological polar surface area (TPSA) is 38.0 Å². The second-order valence-corrected chi connectivity index (χ2v) is 4.83. The summed E-state index contributed by atoms with van der Waals surface area (Å²) in [4.78, 5) is 0. The van der Waals surface area contributed by atoms with Crippen molar-refractivity contribution in [2.45, 2.75) is 58.6 Å². The zero-order chi connectivity index (χ0) is 11.5. The zero-order valence-electron chi connectivity index (χ0n) is 10.3. The summed E-state index contributed by atoms with van der Waals surface area (Å²) in [5.41, 5.74) is 2.54. The second-order valence-electron chi connectivity index (χ2n) is 4.83. The Bertz CT molecular complexity index is 346. The molecule has 0 aliphatic heterocycles. The Kier molecular flexibility index (Phi) is 3.64. The molecule has 1 aliphatic carbocycles. The third-order valence-corrected chi connectivity index (χ3v) is 3.59. The van der Waals surface area contributed by atoms with Crippen LogP contribution < -0.4 is 0 Å². The van der Waals surface area contributed by atoms with Gasteiger partial charge in [-0.1, -0.05) is 6.92 Å². The zero-order valence-corrected chi connectivity index (χ0v) is 10.3. The number of aliphatic hydroxyl groups excluding tert-OH is 1. The summed E-state index contributed by atoms with van der Waals surface area (Å²) >= 11 is 0. The molecule has 1 fully saturated rings. The molecule has 3 nitrogen and oxygen atoms in total. The molecule has 1 heterocycles. The largest absolute Gasteiger partial charge is 0.393 e. The minimum atomic E-state index is -0.0614. The normalized spacial score (nSPS) is 25.2. The minimum absolute atomic E-state index is 0.0614. The smallest absolute Gasteiger partial charge is 0.0624 e. The van der Waals surface area contributed by atoms with Crippen LogP contribution in [0.5, 0.6) is 0 Å². The van der Waals surface area contributed by atoms with E-state index in [0.717, 1.165) is 38.6 Å². The van der Waals surface area contributed by atoms with Gasteiger partial charge in [0.2, 0.25) is 0 Å². The highest BCUT2D eigenvalue weighted by Crippen LogP contribution is 2.28. The Labute approximate surface area is 97.5 Å². The Morgan fingerprint density at radius 1 is 1.44 bits per heavy atom. The summed E-state index contributed by atoms with van der Waals surface area (Å²) in [5.74, 6) is 0.654. The molecule has 3 heteroatoms. The quantitative estimate of drug-likeness (QED) is 0.848. The molecule has 0 aromatic carbocycles. The van der Waals surface area contributed by atoms with Crippen molar-refractivity contribution in [3.05, 3.63) is 17.5 Å². The number of aromatic nitrogens is 2. The van der Waals surface area contributed by atoms with Crippen LogP contribution in [0.2, 0.25) is 0 Å². The van der Waals surface area contributed by atoms with E-state index in [1.807, 2.05) is 0 Å². The van der Waals surface area contributed by atoms with Gasteiger partial charge in [-0.15, -0.1) is 0 Å². The van der Waals surface area contributed by atoms with E-state index in [9.17, 15) is 5.11 Å². The number of hydrogen-bond donors (Lipinski definition) is 1. The number of aliphatic hydroxyl groups is 1. The van der Waals surface area contributed by atoms with Crippen LogP contribution in [0.1, 0.15) is 44.5 Å². The maximum absolute atomic E-state index is 9.53. The lowest BCUT2D eigenvalue weighted by molar-refractivity contribution is 0.177. The predicted molar refractivity (Wildman–Crippen MR) is 64.3 cm³/mol. The van der Waals surface area contributed by atoms with Gasteiger partial charge in [0.25, 0.3) is 0 Å². The number of aryl methyl sites for hydroxylation is 2. The molecule has 2 atom stereocenters. The molecule has 90 valence electrons. The first-order chi connectivity index (χ1) is 7.72. The van der Waals surface area contributed by atoms with Crippen LogP contribution >= 0.6 is 0 Å². The lowest BCUT2D eigenvalue weighted by Gasteiger charge is -2.10. The van der Waals surface area contributed by atoms with Gasteiger partial charge in [0.15, 0.2) is 0 Å². The number of rotatable bonds is 4. The van der Waals surface area contributed by atoms with Crippen LogP contribution in [-0.2, 0) is 19.4 Å². The van der Waals surface area contributed by atoms with Crippen LogP contribution in [0.4, 0.5) is 0 Å². The third-order valence-electron chi connectivity index (χ3n) is 3.59. The molecule has 0 amide bonds. The average molecular weight is 222 g/mol. The van der Waals surface area contributed by atoms with Gasteiger partial charge in [0.05, 0.1) is 11.8 Å². The van der Waals surface area contributed by atoms with E-state index < -0.39 is 0 Å². The summed E-state index contributed by atoms with van der Waals surface area (Å²) in [5, 5.41) is 14.1. The molecule has 0 bridgehead atoms. The van der Waals surface area contributed by atoms with Crippen molar-refractivity contribution >= 4 is 0 Å². The maximum atomic E-state index is 9.53. The first-order valence-electron chi connectivity index (χ1n) is 6.46. The highest BCUT2D eigenvalue weighted by atomic mass is 16.3. The fourth-order valence-corrected chi connectivity index (χ4v) is 2.66. The van der Waals surface area contributed by atoms with Crippen molar-refractivity contribution < 1.29 is 5.11 Å². The summed E-state index contributed by atoms with van der Waals surface area (Å²) in [6, 6.07) is 2.23. The Morgan fingerprint density at radius 3 is 2.81 bits per heavy atom. The maximum Gasteiger partial charge on any atom is 0.0624 e. The van der Waals surface area contributed by atoms with Gasteiger partial charge < -0.3 is 5.11 Å². The lowest BCUT2D eigenvalue weighted by atomic mass is 10.0. The van der Waals surface area contributed by atoms with Gasteiger partial charge in [0, 0.05) is 12.2 Å². The Balaban J connectivity index is 2.05. The molecule has 1 N–H and O–H groups in total. The molecule has 2 unspecified atom stereocenters. The molecular formula is C13H22N2O. The molecule has 16 heavy (non-hydrogen) atoms. The Morgan fingerprint density at radius 2 is 2.25 bits per heavy atom. The standard InChI is InChI=1S/C13H22N2O/c1-3-11-9-12(15(4-2)14-11)7-10-5-6-13(16)8-10/h9-10,13,16H,3-8H2,1-2H3. The van der Waals surface area contributed by atoms with E-state index in [1.165, 1.54) is 11.4 Å². The molecule has 1 aromatic heterocycles. The molecule has 1 aromatic rings. The van der Waals surface area contributed by atoms with Gasteiger partial charge in [0.1, 0.15) is 0 Å². The first-order valence-corrected chi connectivity index (χ1v) is 6.46. The molecular weight excluding hydrogens is 200 g/mol. The van der Waals surface area contributed by atoms with Crippen LogP contribution in [-0.4, -0.2) is 21.0 Å². The third kappa shape index (κ3) is 2.46. The fourth-order valence-electron chi connectivity index (χ4n) is 2.66. The van der Waals surface area contributed by atoms with E-state index in [2.05, 4.69) is 29.7 Å². The monoisotopic (exact) mass is 222 g/mol. The van der Waals surface area contributed by atoms with Crippen LogP contribution in [0.3, 0.4) is 0 Å². The molecule has 0 spiro atoms. The summed E-state index contributed by atoms with van der Waals surface area (Å²) < 4.78 is 2.11. The second kappa shape index (κ2) is 5.00. The van der Waals surface area contributed by atoms with Gasteiger partial charge in [-0.3, -0.25) is 4.68 Å². The summed E-state index contributed by atoms with van der Waals surface area (Å²) in [6.07, 6.45) is 5.14. The first kappa shape index (κ1) is 11.6. The average Bonchev–Trinajstić information content (AvgIpc) is 2.85. The lowest BCUT2D eigenvalue weighted by Crippen LogP contribution is -2.08. The van der Waals surface area contributed by atoms with Crippen molar-refractivity contribution in [3.63, 3.8) is 0 Å². The van der Waals surface area contributed by atoms with Gasteiger partial charge in [-0.2, -0.15) is 5.10 Å². The molecule has 0 saturated heterocycles. The van der Waals surface area contributed by atoms with Crippen LogP contribution in [0.15, 0.2) is 6.07 Å². The molecule has 1 aliphatic rings. The van der Waals surface area contributed by atoms with E-state index in [-0.39, 0.29) is 6.10 Å². The van der Waals surface area contributed by atoms with E-state index >= 15 is 0 Å².